The van der Waals surface area contributed by atoms with Gasteiger partial charge >= 0.3 is 0 Å². The quantitative estimate of drug-likeness (QED) is 0.591. The second-order valence-corrected chi connectivity index (χ2v) is 4.51. The average Bonchev–Trinajstić information content (AvgIpc) is 2.16. The van der Waals surface area contributed by atoms with Gasteiger partial charge in [0.05, 0.1) is 0 Å². The van der Waals surface area contributed by atoms with Crippen molar-refractivity contribution in [2.75, 3.05) is 26.2 Å². The van der Waals surface area contributed by atoms with Crippen LogP contribution in [0.25, 0.3) is 0 Å². The first-order valence-electron chi connectivity index (χ1n) is 5.34. The van der Waals surface area contributed by atoms with Crippen molar-refractivity contribution in [1.29, 1.82) is 0 Å². The Labute approximate surface area is 81.5 Å². The van der Waals surface area contributed by atoms with E-state index in [2.05, 4.69) is 24.5 Å². The van der Waals surface area contributed by atoms with Crippen molar-refractivity contribution >= 4 is 0 Å². The van der Waals surface area contributed by atoms with Crippen LogP contribution < -0.4 is 16.4 Å². The van der Waals surface area contributed by atoms with Gasteiger partial charge in [-0.25, -0.2) is 0 Å². The number of nitrogens with one attached hydrogen (secondary N) is 2. The van der Waals surface area contributed by atoms with Crippen LogP contribution in [0.2, 0.25) is 0 Å². The Bertz CT molecular complexity index is 139. The maximum atomic E-state index is 5.83. The molecule has 1 heterocycles. The largest absolute Gasteiger partial charge is 0.329 e. The predicted octanol–water partition coefficient (Wildman–Crippen LogP) is 0.313. The summed E-state index contributed by atoms with van der Waals surface area (Å²) in [6, 6.07) is 0. The van der Waals surface area contributed by atoms with Crippen molar-refractivity contribution in [1.82, 2.24) is 10.6 Å². The fraction of sp³-hybridized carbons (Fsp3) is 1.00. The topological polar surface area (TPSA) is 50.1 Å². The molecule has 0 radical (unpaired) electrons. The summed E-state index contributed by atoms with van der Waals surface area (Å²) in [6.45, 7) is 8.51. The van der Waals surface area contributed by atoms with E-state index in [9.17, 15) is 0 Å². The van der Waals surface area contributed by atoms with Gasteiger partial charge in [0.15, 0.2) is 0 Å². The number of piperidine rings is 1. The molecule has 4 N–H and O–H groups in total. The summed E-state index contributed by atoms with van der Waals surface area (Å²) < 4.78 is 0. The summed E-state index contributed by atoms with van der Waals surface area (Å²) in [4.78, 5) is 0. The fourth-order valence-electron chi connectivity index (χ4n) is 1.78. The van der Waals surface area contributed by atoms with E-state index in [1.807, 2.05) is 0 Å². The first kappa shape index (κ1) is 11.0. The number of rotatable bonds is 4. The maximum absolute atomic E-state index is 5.83. The third-order valence-corrected chi connectivity index (χ3v) is 2.84. The summed E-state index contributed by atoms with van der Waals surface area (Å²) in [5.41, 5.74) is 6.05. The zero-order valence-electron chi connectivity index (χ0n) is 8.90. The fourth-order valence-corrected chi connectivity index (χ4v) is 1.78. The predicted molar refractivity (Wildman–Crippen MR) is 56.7 cm³/mol. The summed E-state index contributed by atoms with van der Waals surface area (Å²) >= 11 is 0. The van der Waals surface area contributed by atoms with Crippen molar-refractivity contribution < 1.29 is 0 Å². The third-order valence-electron chi connectivity index (χ3n) is 2.84. The summed E-state index contributed by atoms with van der Waals surface area (Å²) in [6.07, 6.45) is 2.33. The first-order valence-corrected chi connectivity index (χ1v) is 5.34. The molecule has 0 bridgehead atoms. The van der Waals surface area contributed by atoms with Crippen LogP contribution in [-0.2, 0) is 0 Å². The van der Waals surface area contributed by atoms with Crippen molar-refractivity contribution in [2.45, 2.75) is 32.2 Å². The van der Waals surface area contributed by atoms with Crippen molar-refractivity contribution in [2.24, 2.45) is 11.7 Å². The zero-order valence-corrected chi connectivity index (χ0v) is 8.90. The number of nitrogens with two attached hydrogens (primary N) is 1. The lowest BCUT2D eigenvalue weighted by Gasteiger charge is -2.38. The van der Waals surface area contributed by atoms with Crippen LogP contribution in [0.15, 0.2) is 0 Å². The summed E-state index contributed by atoms with van der Waals surface area (Å²) in [5, 5.41) is 6.99. The van der Waals surface area contributed by atoms with Crippen LogP contribution in [0.1, 0.15) is 26.7 Å². The second-order valence-electron chi connectivity index (χ2n) is 4.51. The number of hydrogen-bond acceptors (Lipinski definition) is 3. The highest BCUT2D eigenvalue weighted by Crippen LogP contribution is 2.16. The van der Waals surface area contributed by atoms with Gasteiger partial charge in [0.2, 0.25) is 0 Å². The summed E-state index contributed by atoms with van der Waals surface area (Å²) in [5.74, 6) is 0.707. The van der Waals surface area contributed by atoms with Crippen LogP contribution in [0.5, 0.6) is 0 Å². The van der Waals surface area contributed by atoms with Crippen molar-refractivity contribution in [3.63, 3.8) is 0 Å². The number of hydrogen-bond donors (Lipinski definition) is 3. The zero-order chi connectivity index (χ0) is 9.73. The second kappa shape index (κ2) is 4.94. The molecule has 0 atom stereocenters. The van der Waals surface area contributed by atoms with Gasteiger partial charge in [-0.15, -0.1) is 0 Å². The Morgan fingerprint density at radius 1 is 1.38 bits per heavy atom. The highest BCUT2D eigenvalue weighted by molar-refractivity contribution is 4.93. The lowest BCUT2D eigenvalue weighted by molar-refractivity contribution is 0.241. The highest BCUT2D eigenvalue weighted by atomic mass is 15.0. The molecule has 0 unspecified atom stereocenters. The molecule has 1 fully saturated rings. The van der Waals surface area contributed by atoms with E-state index in [1.54, 1.807) is 0 Å². The van der Waals surface area contributed by atoms with Crippen LogP contribution in [-0.4, -0.2) is 31.7 Å². The molecule has 1 aliphatic heterocycles. The molecule has 3 nitrogen and oxygen atoms in total. The van der Waals surface area contributed by atoms with E-state index >= 15 is 0 Å². The molecular weight excluding hydrogens is 162 g/mol. The van der Waals surface area contributed by atoms with Crippen LogP contribution in [0.4, 0.5) is 0 Å². The van der Waals surface area contributed by atoms with Gasteiger partial charge in [-0.05, 0) is 38.4 Å². The van der Waals surface area contributed by atoms with Crippen LogP contribution in [0, 0.1) is 5.92 Å². The van der Waals surface area contributed by atoms with E-state index in [1.165, 1.54) is 0 Å². The molecule has 1 rings (SSSR count). The van der Waals surface area contributed by atoms with Gasteiger partial charge in [0.25, 0.3) is 0 Å². The Kier molecular flexibility index (Phi) is 4.16. The molecule has 1 aliphatic rings. The van der Waals surface area contributed by atoms with Crippen molar-refractivity contribution in [3.8, 4) is 0 Å². The average molecular weight is 185 g/mol. The molecule has 0 amide bonds. The molecule has 3 heteroatoms. The van der Waals surface area contributed by atoms with Gasteiger partial charge in [-0.1, -0.05) is 13.8 Å². The summed E-state index contributed by atoms with van der Waals surface area (Å²) in [7, 11) is 0. The third kappa shape index (κ3) is 3.25. The molecule has 0 aromatic rings. The molecule has 0 aromatic heterocycles. The Balaban J connectivity index is 2.38. The molecule has 0 spiro atoms. The van der Waals surface area contributed by atoms with Crippen LogP contribution in [0.3, 0.4) is 0 Å². The van der Waals surface area contributed by atoms with Gasteiger partial charge in [0, 0.05) is 12.1 Å². The monoisotopic (exact) mass is 185 g/mol. The van der Waals surface area contributed by atoms with Gasteiger partial charge < -0.3 is 16.4 Å². The SMILES string of the molecule is CC(C)CNC1(CN)CCNCC1. The van der Waals surface area contributed by atoms with E-state index in [-0.39, 0.29) is 5.54 Å². The minimum absolute atomic E-state index is 0.218. The Morgan fingerprint density at radius 2 is 2.00 bits per heavy atom. The minimum Gasteiger partial charge on any atom is -0.329 e. The molecule has 1 saturated heterocycles. The van der Waals surface area contributed by atoms with Crippen LogP contribution >= 0.6 is 0 Å². The van der Waals surface area contributed by atoms with Gasteiger partial charge in [-0.3, -0.25) is 0 Å². The van der Waals surface area contributed by atoms with E-state index in [0.717, 1.165) is 39.0 Å². The standard InChI is InChI=1S/C10H23N3/c1-9(2)7-13-10(8-11)3-5-12-6-4-10/h9,12-13H,3-8,11H2,1-2H3. The molecule has 0 saturated carbocycles. The normalized spacial score (nSPS) is 22.2. The van der Waals surface area contributed by atoms with Gasteiger partial charge in [-0.2, -0.15) is 0 Å². The highest BCUT2D eigenvalue weighted by Gasteiger charge is 2.29. The molecule has 13 heavy (non-hydrogen) atoms. The molecule has 0 aliphatic carbocycles. The van der Waals surface area contributed by atoms with Gasteiger partial charge in [0.1, 0.15) is 0 Å². The van der Waals surface area contributed by atoms with Crippen molar-refractivity contribution in [3.05, 3.63) is 0 Å². The molecular formula is C10H23N3. The first-order chi connectivity index (χ1) is 6.18. The maximum Gasteiger partial charge on any atom is 0.0328 e. The molecule has 0 aromatic carbocycles. The Hall–Kier alpha value is -0.120. The van der Waals surface area contributed by atoms with E-state index < -0.39 is 0 Å². The smallest absolute Gasteiger partial charge is 0.0328 e. The lowest BCUT2D eigenvalue weighted by atomic mass is 9.88. The minimum atomic E-state index is 0.218. The molecule has 78 valence electrons. The lowest BCUT2D eigenvalue weighted by Crippen LogP contribution is -2.57. The Morgan fingerprint density at radius 3 is 2.46 bits per heavy atom. The van der Waals surface area contributed by atoms with E-state index in [0.29, 0.717) is 5.92 Å². The van der Waals surface area contributed by atoms with E-state index in [4.69, 9.17) is 5.73 Å².